The number of rotatable bonds is 13. The van der Waals surface area contributed by atoms with Gasteiger partial charge in [-0.15, -0.1) is 0 Å². The number of aromatic hydroxyl groups is 4. The maximum Gasteiger partial charge on any atom is 0.331 e. The van der Waals surface area contributed by atoms with Gasteiger partial charge in [0.15, 0.2) is 48.0 Å². The van der Waals surface area contributed by atoms with E-state index in [0.29, 0.717) is 5.56 Å². The second-order valence-corrected chi connectivity index (χ2v) is 13.3. The van der Waals surface area contributed by atoms with Crippen molar-refractivity contribution in [1.29, 1.82) is 0 Å². The number of phenols is 4. The predicted molar refractivity (Wildman–Crippen MR) is 180 cm³/mol. The highest BCUT2D eigenvalue weighted by molar-refractivity contribution is 5.87. The van der Waals surface area contributed by atoms with Gasteiger partial charge in [-0.2, -0.15) is 0 Å². The first-order valence-corrected chi connectivity index (χ1v) is 17.2. The Morgan fingerprint density at radius 2 is 1.31 bits per heavy atom. The van der Waals surface area contributed by atoms with E-state index in [0.717, 1.165) is 12.1 Å². The van der Waals surface area contributed by atoms with Crippen LogP contribution in [-0.4, -0.2) is 179 Å². The number of aliphatic hydroxyl groups excluding tert-OH is 8. The van der Waals surface area contributed by atoms with Crippen LogP contribution in [0.5, 0.6) is 23.0 Å². The van der Waals surface area contributed by atoms with Crippen molar-refractivity contribution in [3.63, 3.8) is 0 Å². The number of hydrogen-bond donors (Lipinski definition) is 12. The Kier molecular flexibility index (Phi) is 14.3. The maximum atomic E-state index is 13.1. The lowest BCUT2D eigenvalue weighted by molar-refractivity contribution is -0.365. The first kappa shape index (κ1) is 42.4. The Labute approximate surface area is 313 Å². The highest BCUT2D eigenvalue weighted by Crippen LogP contribution is 2.33. The molecule has 3 aliphatic heterocycles. The summed E-state index contributed by atoms with van der Waals surface area (Å²) in [4.78, 5) is 13.1. The molecular weight excluding hydrogens is 740 g/mol. The summed E-state index contributed by atoms with van der Waals surface area (Å²) in [6.45, 7) is -0.241. The standard InChI is InChI=1S/C35H46O20/c1-14-24(42)26(44)29(47)34(51-14)55-31-22(13-50-33-28(46)27(45)25(43)21(12-36)52-33)53-35(49-9-8-16-3-6-18(38)20(40)11-16)32(30(31)48)54-23(41)7-4-15-2-5-17(37)19(39)10-15/h2-7,10-11,14,21-22,24-40,42-48H,8-9,12-13H2,1H3. The fourth-order valence-electron chi connectivity index (χ4n) is 6.13. The van der Waals surface area contributed by atoms with Gasteiger partial charge in [0.2, 0.25) is 0 Å². The molecule has 3 aliphatic rings. The van der Waals surface area contributed by atoms with Gasteiger partial charge in [0.05, 0.1) is 25.9 Å². The predicted octanol–water partition coefficient (Wildman–Crippen LogP) is -3.19. The molecule has 2 aromatic rings. The van der Waals surface area contributed by atoms with E-state index in [-0.39, 0.29) is 24.3 Å². The number of ether oxygens (including phenoxy) is 7. The van der Waals surface area contributed by atoms with Gasteiger partial charge in [-0.05, 0) is 54.8 Å². The summed E-state index contributed by atoms with van der Waals surface area (Å²) in [5.74, 6) is -2.68. The second-order valence-electron chi connectivity index (χ2n) is 13.3. The van der Waals surface area contributed by atoms with Crippen molar-refractivity contribution in [2.45, 2.75) is 105 Å². The minimum absolute atomic E-state index is 0.0981. The zero-order valence-electron chi connectivity index (χ0n) is 29.2. The van der Waals surface area contributed by atoms with Gasteiger partial charge < -0.3 is 94.4 Å². The number of hydrogen-bond acceptors (Lipinski definition) is 20. The molecule has 2 aromatic carbocycles. The average molecular weight is 787 g/mol. The second kappa shape index (κ2) is 18.5. The highest BCUT2D eigenvalue weighted by atomic mass is 16.8. The Morgan fingerprint density at radius 1 is 0.673 bits per heavy atom. The lowest BCUT2D eigenvalue weighted by Crippen LogP contribution is -2.65. The fourth-order valence-corrected chi connectivity index (χ4v) is 6.13. The zero-order valence-corrected chi connectivity index (χ0v) is 29.2. The fraction of sp³-hybridized carbons (Fsp3) is 0.571. The summed E-state index contributed by atoms with van der Waals surface area (Å²) in [5, 5.41) is 123. The van der Waals surface area contributed by atoms with Crippen LogP contribution in [0.3, 0.4) is 0 Å². The molecule has 3 saturated heterocycles. The van der Waals surface area contributed by atoms with Crippen molar-refractivity contribution in [2.75, 3.05) is 19.8 Å². The van der Waals surface area contributed by atoms with E-state index in [1.807, 2.05) is 0 Å². The monoisotopic (exact) mass is 786 g/mol. The summed E-state index contributed by atoms with van der Waals surface area (Å²) < 4.78 is 40.1. The first-order valence-electron chi connectivity index (χ1n) is 17.2. The molecule has 20 heteroatoms. The normalized spacial score (nSPS) is 36.9. The number of carbonyl (C=O) groups is 1. The highest BCUT2D eigenvalue weighted by Gasteiger charge is 2.53. The lowest BCUT2D eigenvalue weighted by atomic mass is 9.96. The van der Waals surface area contributed by atoms with E-state index in [4.69, 9.17) is 33.2 Å². The molecular formula is C35H46O20. The van der Waals surface area contributed by atoms with Crippen LogP contribution in [-0.2, 0) is 44.4 Å². The van der Waals surface area contributed by atoms with Crippen LogP contribution < -0.4 is 0 Å². The van der Waals surface area contributed by atoms with E-state index in [1.165, 1.54) is 43.3 Å². The van der Waals surface area contributed by atoms with Crippen LogP contribution in [0, 0.1) is 0 Å². The molecule has 0 aliphatic carbocycles. The van der Waals surface area contributed by atoms with Crippen molar-refractivity contribution in [1.82, 2.24) is 0 Å². The molecule has 5 rings (SSSR count). The van der Waals surface area contributed by atoms with Crippen molar-refractivity contribution in [3.8, 4) is 23.0 Å². The van der Waals surface area contributed by atoms with Crippen molar-refractivity contribution >= 4 is 12.0 Å². The van der Waals surface area contributed by atoms with Crippen LogP contribution in [0.15, 0.2) is 42.5 Å². The Hall–Kier alpha value is -3.71. The molecule has 15 unspecified atom stereocenters. The third-order valence-electron chi connectivity index (χ3n) is 9.37. The van der Waals surface area contributed by atoms with Crippen LogP contribution >= 0.6 is 0 Å². The molecule has 0 aromatic heterocycles. The van der Waals surface area contributed by atoms with Gasteiger partial charge in [-0.1, -0.05) is 12.1 Å². The Bertz CT molecular complexity index is 1610. The van der Waals surface area contributed by atoms with E-state index >= 15 is 0 Å². The Morgan fingerprint density at radius 3 is 1.98 bits per heavy atom. The molecule has 0 saturated carbocycles. The SMILES string of the molecule is CC1OC(OC2C(COC3OC(CO)C(O)C(O)C3O)OC(OCCc3ccc(O)c(O)c3)C(OC(=O)C=Cc3ccc(O)c(O)c3)C2O)C(O)C(O)C1O. The van der Waals surface area contributed by atoms with E-state index in [2.05, 4.69) is 0 Å². The van der Waals surface area contributed by atoms with Crippen LogP contribution in [0.25, 0.3) is 6.08 Å². The molecule has 0 bridgehead atoms. The number of carbonyl (C=O) groups excluding carboxylic acids is 1. The van der Waals surface area contributed by atoms with Gasteiger partial charge >= 0.3 is 5.97 Å². The zero-order chi connectivity index (χ0) is 40.1. The van der Waals surface area contributed by atoms with E-state index in [9.17, 15) is 66.1 Å². The molecule has 0 amide bonds. The Balaban J connectivity index is 1.41. The molecule has 15 atom stereocenters. The minimum Gasteiger partial charge on any atom is -0.504 e. The maximum absolute atomic E-state index is 13.1. The van der Waals surface area contributed by atoms with E-state index < -0.39 is 129 Å². The summed E-state index contributed by atoms with van der Waals surface area (Å²) in [6, 6.07) is 7.77. The number of aliphatic hydroxyl groups is 8. The molecule has 55 heavy (non-hydrogen) atoms. The van der Waals surface area contributed by atoms with Gasteiger partial charge in [-0.3, -0.25) is 0 Å². The number of phenolic OH excluding ortho intramolecular Hbond substituents is 4. The molecule has 0 radical (unpaired) electrons. The third kappa shape index (κ3) is 10.0. The minimum atomic E-state index is -1.91. The quantitative estimate of drug-likeness (QED) is 0.0541. The first-order chi connectivity index (χ1) is 26.1. The summed E-state index contributed by atoms with van der Waals surface area (Å²) in [6.07, 6.45) is -22.4. The topological polar surface area (TPSA) is 324 Å². The molecule has 0 spiro atoms. The number of benzene rings is 2. The smallest absolute Gasteiger partial charge is 0.331 e. The average Bonchev–Trinajstić information content (AvgIpc) is 3.16. The molecule has 20 nitrogen and oxygen atoms in total. The van der Waals surface area contributed by atoms with Crippen LogP contribution in [0.1, 0.15) is 18.1 Å². The van der Waals surface area contributed by atoms with Crippen molar-refractivity contribution in [2.24, 2.45) is 0 Å². The van der Waals surface area contributed by atoms with Crippen molar-refractivity contribution in [3.05, 3.63) is 53.6 Å². The summed E-state index contributed by atoms with van der Waals surface area (Å²) >= 11 is 0. The van der Waals surface area contributed by atoms with Gasteiger partial charge in [0.1, 0.15) is 61.0 Å². The molecule has 12 N–H and O–H groups in total. The van der Waals surface area contributed by atoms with Gasteiger partial charge in [0, 0.05) is 6.08 Å². The van der Waals surface area contributed by atoms with Gasteiger partial charge in [0.25, 0.3) is 0 Å². The molecule has 3 heterocycles. The van der Waals surface area contributed by atoms with E-state index in [1.54, 1.807) is 0 Å². The van der Waals surface area contributed by atoms with Gasteiger partial charge in [-0.25, -0.2) is 4.79 Å². The van der Waals surface area contributed by atoms with Crippen LogP contribution in [0.4, 0.5) is 0 Å². The van der Waals surface area contributed by atoms with Crippen LogP contribution in [0.2, 0.25) is 0 Å². The summed E-state index contributed by atoms with van der Waals surface area (Å²) in [7, 11) is 0. The lowest BCUT2D eigenvalue weighted by Gasteiger charge is -2.47. The third-order valence-corrected chi connectivity index (χ3v) is 9.37. The number of esters is 1. The molecule has 3 fully saturated rings. The van der Waals surface area contributed by atoms with Crippen molar-refractivity contribution < 1.29 is 99.2 Å². The summed E-state index contributed by atoms with van der Waals surface area (Å²) in [5.41, 5.74) is 0.782. The molecule has 306 valence electrons. The largest absolute Gasteiger partial charge is 0.504 e.